The molecule has 1 aliphatic heterocycles. The molecule has 0 aromatic carbocycles. The van der Waals surface area contributed by atoms with Crippen molar-refractivity contribution in [3.8, 4) is 0 Å². The van der Waals surface area contributed by atoms with Gasteiger partial charge in [-0.1, -0.05) is 26.2 Å². The quantitative estimate of drug-likeness (QED) is 0.806. The van der Waals surface area contributed by atoms with E-state index in [0.29, 0.717) is 25.3 Å². The number of hydrogen-bond acceptors (Lipinski definition) is 3. The van der Waals surface area contributed by atoms with E-state index in [4.69, 9.17) is 5.11 Å². The molecule has 7 heteroatoms. The van der Waals surface area contributed by atoms with E-state index in [-0.39, 0.29) is 12.6 Å². The fourth-order valence-corrected chi connectivity index (χ4v) is 4.95. The summed E-state index contributed by atoms with van der Waals surface area (Å²) < 4.78 is 29.0. The van der Waals surface area contributed by atoms with E-state index >= 15 is 0 Å². The summed E-state index contributed by atoms with van der Waals surface area (Å²) in [7, 11) is -3.56. The first-order valence-electron chi connectivity index (χ1n) is 7.92. The summed E-state index contributed by atoms with van der Waals surface area (Å²) >= 11 is 0. The van der Waals surface area contributed by atoms with Crippen LogP contribution < -0.4 is 4.72 Å². The molecule has 1 saturated heterocycles. The minimum atomic E-state index is -3.56. The zero-order valence-corrected chi connectivity index (χ0v) is 13.4. The molecule has 1 aliphatic carbocycles. The SMILES string of the molecule is CCC1CCCC(NS(=O)(=O)N2CCCC(C(=O)O)C2)C1. The van der Waals surface area contributed by atoms with Gasteiger partial charge in [0.1, 0.15) is 0 Å². The van der Waals surface area contributed by atoms with Gasteiger partial charge in [0.25, 0.3) is 10.2 Å². The van der Waals surface area contributed by atoms with Crippen molar-refractivity contribution in [2.45, 2.75) is 57.9 Å². The Morgan fingerprint density at radius 1 is 1.29 bits per heavy atom. The van der Waals surface area contributed by atoms with Crippen LogP contribution >= 0.6 is 0 Å². The third-order valence-corrected chi connectivity index (χ3v) is 6.39. The van der Waals surface area contributed by atoms with E-state index in [1.54, 1.807) is 0 Å². The predicted octanol–water partition coefficient (Wildman–Crippen LogP) is 1.59. The average molecular weight is 318 g/mol. The molecule has 2 rings (SSSR count). The number of aliphatic carboxylic acids is 1. The summed E-state index contributed by atoms with van der Waals surface area (Å²) in [4.78, 5) is 11.1. The molecule has 21 heavy (non-hydrogen) atoms. The van der Waals surface area contributed by atoms with Gasteiger partial charge in [0.15, 0.2) is 0 Å². The molecule has 2 aliphatic rings. The summed E-state index contributed by atoms with van der Waals surface area (Å²) in [5, 5.41) is 9.07. The van der Waals surface area contributed by atoms with Crippen molar-refractivity contribution in [3.05, 3.63) is 0 Å². The minimum Gasteiger partial charge on any atom is -0.481 e. The van der Waals surface area contributed by atoms with Gasteiger partial charge in [0.2, 0.25) is 0 Å². The van der Waals surface area contributed by atoms with Crippen molar-refractivity contribution in [1.29, 1.82) is 0 Å². The molecule has 0 aromatic rings. The lowest BCUT2D eigenvalue weighted by Crippen LogP contribution is -2.50. The number of carboxylic acid groups (broad SMARTS) is 1. The lowest BCUT2D eigenvalue weighted by Gasteiger charge is -2.34. The Labute approximate surface area is 127 Å². The molecule has 1 saturated carbocycles. The summed E-state index contributed by atoms with van der Waals surface area (Å²) in [5.41, 5.74) is 0. The topological polar surface area (TPSA) is 86.7 Å². The molecule has 0 amide bonds. The van der Waals surface area contributed by atoms with Crippen molar-refractivity contribution >= 4 is 16.2 Å². The fraction of sp³-hybridized carbons (Fsp3) is 0.929. The standard InChI is InChI=1S/C14H26N2O4S/c1-2-11-5-3-7-13(9-11)15-21(19,20)16-8-4-6-12(10-16)14(17)18/h11-13,15H,2-10H2,1H3,(H,17,18). The van der Waals surface area contributed by atoms with Crippen LogP contribution in [0.5, 0.6) is 0 Å². The molecule has 122 valence electrons. The first-order valence-corrected chi connectivity index (χ1v) is 9.36. The first-order chi connectivity index (χ1) is 9.92. The summed E-state index contributed by atoms with van der Waals surface area (Å²) in [5.74, 6) is -0.886. The molecule has 6 nitrogen and oxygen atoms in total. The Morgan fingerprint density at radius 3 is 2.71 bits per heavy atom. The van der Waals surface area contributed by atoms with Crippen molar-refractivity contribution in [1.82, 2.24) is 9.03 Å². The molecular formula is C14H26N2O4S. The molecule has 3 unspecified atom stereocenters. The van der Waals surface area contributed by atoms with E-state index in [9.17, 15) is 13.2 Å². The van der Waals surface area contributed by atoms with Gasteiger partial charge >= 0.3 is 5.97 Å². The van der Waals surface area contributed by atoms with Gasteiger partial charge in [-0.2, -0.15) is 17.4 Å². The molecule has 0 spiro atoms. The first kappa shape index (κ1) is 16.7. The largest absolute Gasteiger partial charge is 0.481 e. The van der Waals surface area contributed by atoms with Gasteiger partial charge in [-0.05, 0) is 31.6 Å². The van der Waals surface area contributed by atoms with Crippen LogP contribution in [-0.4, -0.2) is 42.9 Å². The molecular weight excluding hydrogens is 292 g/mol. The van der Waals surface area contributed by atoms with Gasteiger partial charge in [0.05, 0.1) is 5.92 Å². The molecule has 2 N–H and O–H groups in total. The van der Waals surface area contributed by atoms with Gasteiger partial charge in [-0.3, -0.25) is 4.79 Å². The zero-order chi connectivity index (χ0) is 15.5. The Kier molecular flexibility index (Phi) is 5.62. The predicted molar refractivity (Wildman–Crippen MR) is 80.0 cm³/mol. The van der Waals surface area contributed by atoms with Gasteiger partial charge in [-0.15, -0.1) is 0 Å². The minimum absolute atomic E-state index is 0.00101. The van der Waals surface area contributed by atoms with Gasteiger partial charge in [-0.25, -0.2) is 0 Å². The average Bonchev–Trinajstić information content (AvgIpc) is 2.47. The Morgan fingerprint density at radius 2 is 2.05 bits per heavy atom. The molecule has 1 heterocycles. The van der Waals surface area contributed by atoms with Gasteiger partial charge in [0, 0.05) is 19.1 Å². The Hall–Kier alpha value is -0.660. The molecule has 2 fully saturated rings. The van der Waals surface area contributed by atoms with Crippen molar-refractivity contribution in [3.63, 3.8) is 0 Å². The maximum atomic E-state index is 12.4. The fourth-order valence-electron chi connectivity index (χ4n) is 3.42. The highest BCUT2D eigenvalue weighted by molar-refractivity contribution is 7.87. The number of carbonyl (C=O) groups is 1. The van der Waals surface area contributed by atoms with E-state index in [1.165, 1.54) is 10.7 Å². The Bertz CT molecular complexity index is 466. The number of piperidine rings is 1. The second kappa shape index (κ2) is 7.07. The molecule has 0 radical (unpaired) electrons. The Balaban J connectivity index is 1.96. The highest BCUT2D eigenvalue weighted by Crippen LogP contribution is 2.27. The van der Waals surface area contributed by atoms with E-state index < -0.39 is 22.1 Å². The van der Waals surface area contributed by atoms with Crippen LogP contribution in [0.4, 0.5) is 0 Å². The number of nitrogens with zero attached hydrogens (tertiary/aromatic N) is 1. The maximum absolute atomic E-state index is 12.4. The maximum Gasteiger partial charge on any atom is 0.307 e. The smallest absolute Gasteiger partial charge is 0.307 e. The van der Waals surface area contributed by atoms with E-state index in [0.717, 1.165) is 25.7 Å². The van der Waals surface area contributed by atoms with E-state index in [1.807, 2.05) is 0 Å². The molecule has 0 bridgehead atoms. The second-order valence-corrected chi connectivity index (χ2v) is 8.00. The summed E-state index contributed by atoms with van der Waals surface area (Å²) in [6.45, 7) is 2.65. The number of nitrogens with one attached hydrogen (secondary N) is 1. The van der Waals surface area contributed by atoms with Crippen LogP contribution in [0, 0.1) is 11.8 Å². The number of rotatable bonds is 5. The van der Waals surface area contributed by atoms with Gasteiger partial charge < -0.3 is 5.11 Å². The third kappa shape index (κ3) is 4.40. The lowest BCUT2D eigenvalue weighted by molar-refractivity contribution is -0.142. The van der Waals surface area contributed by atoms with Crippen LogP contribution in [0.25, 0.3) is 0 Å². The molecule has 0 aromatic heterocycles. The van der Waals surface area contributed by atoms with Crippen LogP contribution in [0.15, 0.2) is 0 Å². The number of carboxylic acids is 1. The van der Waals surface area contributed by atoms with Crippen LogP contribution in [0.1, 0.15) is 51.9 Å². The normalized spacial score (nSPS) is 32.0. The van der Waals surface area contributed by atoms with Crippen molar-refractivity contribution < 1.29 is 18.3 Å². The van der Waals surface area contributed by atoms with Crippen molar-refractivity contribution in [2.24, 2.45) is 11.8 Å². The summed E-state index contributed by atoms with van der Waals surface area (Å²) in [6.07, 6.45) is 6.27. The second-order valence-electron chi connectivity index (χ2n) is 6.30. The van der Waals surface area contributed by atoms with E-state index in [2.05, 4.69) is 11.6 Å². The number of hydrogen-bond donors (Lipinski definition) is 2. The zero-order valence-electron chi connectivity index (χ0n) is 12.6. The molecule has 3 atom stereocenters. The monoisotopic (exact) mass is 318 g/mol. The summed E-state index contributed by atoms with van der Waals surface area (Å²) in [6, 6.07) is -0.00101. The highest BCUT2D eigenvalue weighted by Gasteiger charge is 2.34. The lowest BCUT2D eigenvalue weighted by atomic mass is 9.85. The van der Waals surface area contributed by atoms with Crippen LogP contribution in [-0.2, 0) is 15.0 Å². The highest BCUT2D eigenvalue weighted by atomic mass is 32.2. The van der Waals surface area contributed by atoms with Crippen LogP contribution in [0.3, 0.4) is 0 Å². The van der Waals surface area contributed by atoms with Crippen LogP contribution in [0.2, 0.25) is 0 Å². The third-order valence-electron chi connectivity index (χ3n) is 4.75. The van der Waals surface area contributed by atoms with Crippen molar-refractivity contribution in [2.75, 3.05) is 13.1 Å².